The number of benzene rings is 2. The molecule has 0 aliphatic heterocycles. The van der Waals surface area contributed by atoms with E-state index in [9.17, 15) is 22.4 Å². The summed E-state index contributed by atoms with van der Waals surface area (Å²) in [5.74, 6) is -1.37. The van der Waals surface area contributed by atoms with E-state index in [1.165, 1.54) is 42.3 Å². The second kappa shape index (κ2) is 9.62. The van der Waals surface area contributed by atoms with Crippen LogP contribution in [0.1, 0.15) is 17.5 Å². The second-order valence-corrected chi connectivity index (χ2v) is 8.47. The highest BCUT2D eigenvalue weighted by molar-refractivity contribution is 7.89. The van der Waals surface area contributed by atoms with Crippen LogP contribution in [0.4, 0.5) is 10.1 Å². The number of rotatable bonds is 8. The highest BCUT2D eigenvalue weighted by Gasteiger charge is 2.17. The molecule has 2 aromatic carbocycles. The fourth-order valence-corrected chi connectivity index (χ4v) is 3.63. The van der Waals surface area contributed by atoms with Gasteiger partial charge in [-0.1, -0.05) is 12.1 Å². The Balaban J connectivity index is 1.83. The molecule has 0 saturated carbocycles. The van der Waals surface area contributed by atoms with Crippen molar-refractivity contribution in [1.29, 1.82) is 0 Å². The van der Waals surface area contributed by atoms with Crippen molar-refractivity contribution in [3.63, 3.8) is 0 Å². The summed E-state index contributed by atoms with van der Waals surface area (Å²) >= 11 is 0. The molecule has 0 aliphatic carbocycles. The fourth-order valence-electron chi connectivity index (χ4n) is 2.52. The first-order chi connectivity index (χ1) is 13.6. The molecule has 0 aromatic heterocycles. The summed E-state index contributed by atoms with van der Waals surface area (Å²) in [4.78, 5) is 25.4. The Morgan fingerprint density at radius 1 is 1.07 bits per heavy atom. The third kappa shape index (κ3) is 6.65. The van der Waals surface area contributed by atoms with E-state index in [-0.39, 0.29) is 30.1 Å². The molecule has 2 amide bonds. The van der Waals surface area contributed by atoms with Gasteiger partial charge in [0.05, 0.1) is 11.4 Å². The second-order valence-electron chi connectivity index (χ2n) is 6.70. The number of carbonyl (C=O) groups excluding carboxylic acids is 2. The number of hydrogen-bond acceptors (Lipinski definition) is 4. The van der Waals surface area contributed by atoms with Crippen molar-refractivity contribution in [3.05, 3.63) is 59.4 Å². The number of nitrogens with one attached hydrogen (secondary N) is 2. The molecule has 0 radical (unpaired) electrons. The van der Waals surface area contributed by atoms with Crippen LogP contribution in [-0.4, -0.2) is 45.3 Å². The molecule has 0 unspecified atom stereocenters. The van der Waals surface area contributed by atoms with Gasteiger partial charge >= 0.3 is 0 Å². The van der Waals surface area contributed by atoms with E-state index < -0.39 is 27.7 Å². The Morgan fingerprint density at radius 3 is 2.45 bits per heavy atom. The van der Waals surface area contributed by atoms with E-state index in [0.29, 0.717) is 0 Å². The SMILES string of the molecule is Cc1ccc(S(=O)(=O)NCCC(=O)N(C)CC(=O)Nc2cccc(F)c2)cc1C. The van der Waals surface area contributed by atoms with Crippen LogP contribution >= 0.6 is 0 Å². The lowest BCUT2D eigenvalue weighted by Crippen LogP contribution is -2.37. The summed E-state index contributed by atoms with van der Waals surface area (Å²) in [6.07, 6.45) is -0.103. The number of aryl methyl sites for hydroxylation is 2. The number of sulfonamides is 1. The molecule has 2 rings (SSSR count). The molecule has 0 bridgehead atoms. The zero-order valence-electron chi connectivity index (χ0n) is 16.5. The van der Waals surface area contributed by atoms with Crippen molar-refractivity contribution in [2.24, 2.45) is 0 Å². The van der Waals surface area contributed by atoms with Gasteiger partial charge in [0.1, 0.15) is 5.82 Å². The zero-order chi connectivity index (χ0) is 21.6. The third-order valence-electron chi connectivity index (χ3n) is 4.33. The first-order valence-corrected chi connectivity index (χ1v) is 10.4. The molecular weight excluding hydrogens is 397 g/mol. The molecule has 0 atom stereocenters. The van der Waals surface area contributed by atoms with Crippen molar-refractivity contribution < 1.29 is 22.4 Å². The van der Waals surface area contributed by atoms with Crippen LogP contribution in [0.2, 0.25) is 0 Å². The maximum Gasteiger partial charge on any atom is 0.243 e. The quantitative estimate of drug-likeness (QED) is 0.683. The summed E-state index contributed by atoms with van der Waals surface area (Å²) in [6, 6.07) is 10.2. The molecule has 0 aliphatic rings. The third-order valence-corrected chi connectivity index (χ3v) is 5.79. The van der Waals surface area contributed by atoms with E-state index in [4.69, 9.17) is 0 Å². The predicted molar refractivity (Wildman–Crippen MR) is 108 cm³/mol. The smallest absolute Gasteiger partial charge is 0.243 e. The van der Waals surface area contributed by atoms with Gasteiger partial charge in [0, 0.05) is 25.7 Å². The maximum atomic E-state index is 13.1. The number of carbonyl (C=O) groups is 2. The Labute approximate surface area is 170 Å². The van der Waals surface area contributed by atoms with E-state index in [0.717, 1.165) is 11.1 Å². The van der Waals surface area contributed by atoms with E-state index >= 15 is 0 Å². The molecule has 2 N–H and O–H groups in total. The number of likely N-dealkylation sites (N-methyl/N-ethyl adjacent to an activating group) is 1. The average molecular weight is 421 g/mol. The topological polar surface area (TPSA) is 95.6 Å². The molecule has 7 nitrogen and oxygen atoms in total. The first kappa shape index (κ1) is 22.5. The zero-order valence-corrected chi connectivity index (χ0v) is 17.3. The van der Waals surface area contributed by atoms with Crippen molar-refractivity contribution >= 4 is 27.5 Å². The Hall–Kier alpha value is -2.78. The highest BCUT2D eigenvalue weighted by Crippen LogP contribution is 2.14. The molecule has 0 heterocycles. The van der Waals surface area contributed by atoms with E-state index in [2.05, 4.69) is 10.0 Å². The molecule has 0 saturated heterocycles. The highest BCUT2D eigenvalue weighted by atomic mass is 32.2. The van der Waals surface area contributed by atoms with Gasteiger partial charge in [-0.25, -0.2) is 17.5 Å². The van der Waals surface area contributed by atoms with Gasteiger partial charge in [0.2, 0.25) is 21.8 Å². The summed E-state index contributed by atoms with van der Waals surface area (Å²) < 4.78 is 40.2. The van der Waals surface area contributed by atoms with Crippen LogP contribution in [0.3, 0.4) is 0 Å². The van der Waals surface area contributed by atoms with Crippen molar-refractivity contribution in [2.45, 2.75) is 25.2 Å². The minimum Gasteiger partial charge on any atom is -0.336 e. The number of amides is 2. The number of anilines is 1. The first-order valence-electron chi connectivity index (χ1n) is 8.95. The standard InChI is InChI=1S/C20H24FN3O4S/c1-14-7-8-18(11-15(14)2)29(27,28)22-10-9-20(26)24(3)13-19(25)23-17-6-4-5-16(21)12-17/h4-8,11-12,22H,9-10,13H2,1-3H3,(H,23,25). The lowest BCUT2D eigenvalue weighted by Gasteiger charge is -2.17. The van der Waals surface area contributed by atoms with Crippen LogP contribution in [0.15, 0.2) is 47.4 Å². The van der Waals surface area contributed by atoms with E-state index in [1.54, 1.807) is 12.1 Å². The van der Waals surface area contributed by atoms with Gasteiger partial charge in [-0.2, -0.15) is 0 Å². The van der Waals surface area contributed by atoms with Crippen molar-refractivity contribution in [2.75, 3.05) is 25.5 Å². The molecule has 156 valence electrons. The number of nitrogens with zero attached hydrogens (tertiary/aromatic N) is 1. The largest absolute Gasteiger partial charge is 0.336 e. The normalized spacial score (nSPS) is 11.2. The summed E-state index contributed by atoms with van der Waals surface area (Å²) in [6.45, 7) is 3.38. The van der Waals surface area contributed by atoms with Crippen LogP contribution in [0.5, 0.6) is 0 Å². The van der Waals surface area contributed by atoms with Crippen LogP contribution in [0.25, 0.3) is 0 Å². The van der Waals surface area contributed by atoms with Gasteiger partial charge in [0.25, 0.3) is 0 Å². The number of halogens is 1. The number of hydrogen-bond donors (Lipinski definition) is 2. The molecule has 0 fully saturated rings. The monoisotopic (exact) mass is 421 g/mol. The molecule has 2 aromatic rings. The Morgan fingerprint density at radius 2 is 1.79 bits per heavy atom. The van der Waals surface area contributed by atoms with Crippen LogP contribution < -0.4 is 10.0 Å². The van der Waals surface area contributed by atoms with Crippen molar-refractivity contribution in [3.8, 4) is 0 Å². The minimum absolute atomic E-state index is 0.0933. The average Bonchev–Trinajstić information content (AvgIpc) is 2.63. The van der Waals surface area contributed by atoms with Gasteiger partial charge in [-0.15, -0.1) is 0 Å². The Bertz CT molecular complexity index is 1010. The van der Waals surface area contributed by atoms with Crippen molar-refractivity contribution in [1.82, 2.24) is 9.62 Å². The fraction of sp³-hybridized carbons (Fsp3) is 0.300. The van der Waals surface area contributed by atoms with Gasteiger partial charge in [-0.3, -0.25) is 9.59 Å². The predicted octanol–water partition coefficient (Wildman–Crippen LogP) is 2.21. The molecule has 9 heteroatoms. The Kier molecular flexibility index (Phi) is 7.46. The summed E-state index contributed by atoms with van der Waals surface area (Å²) in [5, 5.41) is 2.50. The van der Waals surface area contributed by atoms with E-state index in [1.807, 2.05) is 13.8 Å². The molecule has 29 heavy (non-hydrogen) atoms. The molecule has 0 spiro atoms. The summed E-state index contributed by atoms with van der Waals surface area (Å²) in [7, 11) is -2.29. The maximum absolute atomic E-state index is 13.1. The minimum atomic E-state index is -3.72. The van der Waals surface area contributed by atoms with Gasteiger partial charge < -0.3 is 10.2 Å². The van der Waals surface area contributed by atoms with Gasteiger partial charge in [-0.05, 0) is 55.3 Å². The lowest BCUT2D eigenvalue weighted by atomic mass is 10.1. The van der Waals surface area contributed by atoms with Gasteiger partial charge in [0.15, 0.2) is 0 Å². The lowest BCUT2D eigenvalue weighted by molar-refractivity contribution is -0.133. The summed E-state index contributed by atoms with van der Waals surface area (Å²) in [5.41, 5.74) is 2.13. The van der Waals surface area contributed by atoms with Crippen LogP contribution in [0, 0.1) is 19.7 Å². The van der Waals surface area contributed by atoms with Crippen LogP contribution in [-0.2, 0) is 19.6 Å². The molecular formula is C20H24FN3O4S.